The van der Waals surface area contributed by atoms with Crippen LogP contribution in [-0.4, -0.2) is 32.8 Å². The van der Waals surface area contributed by atoms with Crippen LogP contribution in [0.4, 0.5) is 0 Å². The van der Waals surface area contributed by atoms with Crippen molar-refractivity contribution >= 4 is 5.91 Å². The molecule has 0 radical (unpaired) electrons. The first kappa shape index (κ1) is 15.5. The molecule has 0 aliphatic carbocycles. The van der Waals surface area contributed by atoms with Gasteiger partial charge in [0, 0.05) is 36.3 Å². The summed E-state index contributed by atoms with van der Waals surface area (Å²) in [4.78, 5) is 16.9. The Morgan fingerprint density at radius 1 is 1.32 bits per heavy atom. The van der Waals surface area contributed by atoms with E-state index in [1.54, 1.807) is 0 Å². The van der Waals surface area contributed by atoms with Crippen molar-refractivity contribution in [2.24, 2.45) is 0 Å². The molecule has 0 fully saturated rings. The molecule has 1 atom stereocenters. The molecule has 4 rings (SSSR count). The number of aromatic nitrogens is 4. The monoisotopic (exact) mass is 338 g/mol. The standard InChI is InChI=1S/C17H18N6O2/c1-10(15-20-17(25-23-15)11-5-3-2-4-6-11)19-16(24)14-12-9-18-8-7-13(12)21-22-14/h2-6,10,18H,7-9H2,1H3,(H,19,24)(H,21,22). The number of rotatable bonds is 4. The van der Waals surface area contributed by atoms with Gasteiger partial charge in [0.2, 0.25) is 0 Å². The van der Waals surface area contributed by atoms with E-state index in [0.29, 0.717) is 24.0 Å². The molecule has 0 saturated heterocycles. The number of hydrogen-bond donors (Lipinski definition) is 3. The number of H-pyrrole nitrogens is 1. The molecule has 8 heteroatoms. The van der Waals surface area contributed by atoms with Crippen molar-refractivity contribution in [2.75, 3.05) is 6.54 Å². The number of nitrogens with zero attached hydrogens (tertiary/aromatic N) is 3. The van der Waals surface area contributed by atoms with Gasteiger partial charge in [-0.25, -0.2) is 0 Å². The molecule has 1 aromatic carbocycles. The Labute approximate surface area is 144 Å². The van der Waals surface area contributed by atoms with Gasteiger partial charge in [0.1, 0.15) is 0 Å². The van der Waals surface area contributed by atoms with E-state index in [2.05, 4.69) is 31.0 Å². The molecule has 1 amide bonds. The zero-order valence-corrected chi connectivity index (χ0v) is 13.7. The van der Waals surface area contributed by atoms with Crippen LogP contribution in [0.25, 0.3) is 11.5 Å². The minimum Gasteiger partial charge on any atom is -0.341 e. The third kappa shape index (κ3) is 3.03. The second-order valence-electron chi connectivity index (χ2n) is 5.98. The Morgan fingerprint density at radius 3 is 3.00 bits per heavy atom. The molecule has 0 bridgehead atoms. The smallest absolute Gasteiger partial charge is 0.272 e. The van der Waals surface area contributed by atoms with Gasteiger partial charge in [0.05, 0.1) is 6.04 Å². The summed E-state index contributed by atoms with van der Waals surface area (Å²) in [6, 6.07) is 9.12. The zero-order chi connectivity index (χ0) is 17.2. The maximum Gasteiger partial charge on any atom is 0.272 e. The number of nitrogens with one attached hydrogen (secondary N) is 3. The van der Waals surface area contributed by atoms with Gasteiger partial charge in [-0.05, 0) is 19.1 Å². The van der Waals surface area contributed by atoms with Gasteiger partial charge in [-0.2, -0.15) is 10.1 Å². The summed E-state index contributed by atoms with van der Waals surface area (Å²) in [5.41, 5.74) is 3.20. The number of carbonyl (C=O) groups excluding carboxylic acids is 1. The summed E-state index contributed by atoms with van der Waals surface area (Å²) in [6.07, 6.45) is 0.844. The minimum absolute atomic E-state index is 0.250. The van der Waals surface area contributed by atoms with Crippen LogP contribution in [0.3, 0.4) is 0 Å². The molecule has 2 aromatic heterocycles. The van der Waals surface area contributed by atoms with Crippen molar-refractivity contribution in [1.29, 1.82) is 0 Å². The number of carbonyl (C=O) groups is 1. The van der Waals surface area contributed by atoms with E-state index < -0.39 is 6.04 Å². The van der Waals surface area contributed by atoms with Gasteiger partial charge >= 0.3 is 0 Å². The highest BCUT2D eigenvalue weighted by atomic mass is 16.5. The third-order valence-corrected chi connectivity index (χ3v) is 4.22. The van der Waals surface area contributed by atoms with Gasteiger partial charge in [-0.1, -0.05) is 23.4 Å². The second-order valence-corrected chi connectivity index (χ2v) is 5.98. The maximum atomic E-state index is 12.5. The van der Waals surface area contributed by atoms with Crippen molar-refractivity contribution < 1.29 is 9.32 Å². The summed E-state index contributed by atoms with van der Waals surface area (Å²) in [5.74, 6) is 0.604. The first-order chi connectivity index (χ1) is 12.2. The van der Waals surface area contributed by atoms with E-state index in [4.69, 9.17) is 4.52 Å². The Hall–Kier alpha value is -3.00. The van der Waals surface area contributed by atoms with Crippen LogP contribution in [0.5, 0.6) is 0 Å². The molecule has 3 heterocycles. The normalized spacial score (nSPS) is 14.8. The van der Waals surface area contributed by atoms with Crippen LogP contribution in [0.15, 0.2) is 34.9 Å². The first-order valence-electron chi connectivity index (χ1n) is 8.19. The topological polar surface area (TPSA) is 109 Å². The van der Waals surface area contributed by atoms with Gasteiger partial charge < -0.3 is 15.2 Å². The average Bonchev–Trinajstić information content (AvgIpc) is 3.30. The fraction of sp³-hybridized carbons (Fsp3) is 0.294. The highest BCUT2D eigenvalue weighted by molar-refractivity contribution is 5.94. The molecular formula is C17H18N6O2. The van der Waals surface area contributed by atoms with Crippen LogP contribution >= 0.6 is 0 Å². The highest BCUT2D eigenvalue weighted by Gasteiger charge is 2.24. The maximum absolute atomic E-state index is 12.5. The van der Waals surface area contributed by atoms with Gasteiger partial charge in [0.15, 0.2) is 11.5 Å². The number of benzene rings is 1. The van der Waals surface area contributed by atoms with E-state index in [0.717, 1.165) is 29.8 Å². The van der Waals surface area contributed by atoms with E-state index in [-0.39, 0.29) is 5.91 Å². The molecule has 0 spiro atoms. The lowest BCUT2D eigenvalue weighted by Crippen LogP contribution is -2.30. The predicted octanol–water partition coefficient (Wildman–Crippen LogP) is 1.60. The van der Waals surface area contributed by atoms with E-state index in [1.807, 2.05) is 37.3 Å². The molecule has 1 unspecified atom stereocenters. The molecule has 128 valence electrons. The Bertz CT molecular complexity index is 886. The molecule has 25 heavy (non-hydrogen) atoms. The summed E-state index contributed by atoms with van der Waals surface area (Å²) in [5, 5.41) is 17.2. The van der Waals surface area contributed by atoms with Crippen LogP contribution in [0.1, 0.15) is 40.5 Å². The van der Waals surface area contributed by atoms with Crippen molar-refractivity contribution in [3.05, 3.63) is 53.1 Å². The van der Waals surface area contributed by atoms with Gasteiger partial charge in [-0.3, -0.25) is 9.89 Å². The van der Waals surface area contributed by atoms with Crippen LogP contribution < -0.4 is 10.6 Å². The lowest BCUT2D eigenvalue weighted by Gasteiger charge is -2.14. The predicted molar refractivity (Wildman–Crippen MR) is 89.6 cm³/mol. The van der Waals surface area contributed by atoms with E-state index >= 15 is 0 Å². The van der Waals surface area contributed by atoms with Crippen molar-refractivity contribution in [3.8, 4) is 11.5 Å². The van der Waals surface area contributed by atoms with Crippen LogP contribution in [0.2, 0.25) is 0 Å². The van der Waals surface area contributed by atoms with E-state index in [9.17, 15) is 4.79 Å². The molecule has 8 nitrogen and oxygen atoms in total. The highest BCUT2D eigenvalue weighted by Crippen LogP contribution is 2.20. The summed E-state index contributed by atoms with van der Waals surface area (Å²) in [7, 11) is 0. The number of aromatic amines is 1. The third-order valence-electron chi connectivity index (χ3n) is 4.22. The van der Waals surface area contributed by atoms with Gasteiger partial charge in [-0.15, -0.1) is 0 Å². The van der Waals surface area contributed by atoms with Crippen LogP contribution in [-0.2, 0) is 13.0 Å². The van der Waals surface area contributed by atoms with Gasteiger partial charge in [0.25, 0.3) is 11.8 Å². The fourth-order valence-electron chi connectivity index (χ4n) is 2.85. The SMILES string of the molecule is CC(NC(=O)c1n[nH]c2c1CNCC2)c1noc(-c2ccccc2)n1. The molecule has 1 aliphatic rings. The molecule has 3 N–H and O–H groups in total. The second kappa shape index (κ2) is 6.48. The summed E-state index contributed by atoms with van der Waals surface area (Å²) < 4.78 is 5.29. The van der Waals surface area contributed by atoms with Crippen molar-refractivity contribution in [1.82, 2.24) is 31.0 Å². The number of hydrogen-bond acceptors (Lipinski definition) is 6. The zero-order valence-electron chi connectivity index (χ0n) is 13.7. The Balaban J connectivity index is 1.49. The largest absolute Gasteiger partial charge is 0.341 e. The Kier molecular flexibility index (Phi) is 4.02. The molecule has 3 aromatic rings. The lowest BCUT2D eigenvalue weighted by atomic mass is 10.1. The number of fused-ring (bicyclic) bond motifs is 1. The molecule has 1 aliphatic heterocycles. The number of amides is 1. The first-order valence-corrected chi connectivity index (χ1v) is 8.19. The van der Waals surface area contributed by atoms with Crippen molar-refractivity contribution in [2.45, 2.75) is 25.9 Å². The van der Waals surface area contributed by atoms with Crippen molar-refractivity contribution in [3.63, 3.8) is 0 Å². The summed E-state index contributed by atoms with van der Waals surface area (Å²) in [6.45, 7) is 3.34. The lowest BCUT2D eigenvalue weighted by molar-refractivity contribution is 0.0931. The van der Waals surface area contributed by atoms with Crippen LogP contribution in [0, 0.1) is 0 Å². The Morgan fingerprint density at radius 2 is 2.16 bits per heavy atom. The average molecular weight is 338 g/mol. The quantitative estimate of drug-likeness (QED) is 0.667. The summed E-state index contributed by atoms with van der Waals surface area (Å²) >= 11 is 0. The fourth-order valence-corrected chi connectivity index (χ4v) is 2.85. The van der Waals surface area contributed by atoms with E-state index in [1.165, 1.54) is 0 Å². The molecule has 0 saturated carbocycles. The molecular weight excluding hydrogens is 320 g/mol. The minimum atomic E-state index is -0.391.